The first-order chi connectivity index (χ1) is 14.3. The zero-order chi connectivity index (χ0) is 22.8. The smallest absolute Gasteiger partial charge is 0.192 e. The predicted octanol–water partition coefficient (Wildman–Crippen LogP) is 7.87. The van der Waals surface area contributed by atoms with Crippen molar-refractivity contribution in [2.45, 2.75) is 124 Å². The lowest BCUT2D eigenvalue weighted by Crippen LogP contribution is -2.55. The Kier molecular flexibility index (Phi) is 6.16. The lowest BCUT2D eigenvalue weighted by Gasteiger charge is -2.61. The summed E-state index contributed by atoms with van der Waals surface area (Å²) in [7, 11) is -1.69. The van der Waals surface area contributed by atoms with Crippen LogP contribution in [0.15, 0.2) is 0 Å². The maximum atomic E-state index is 11.6. The molecule has 2 nitrogen and oxygen atoms in total. The molecule has 0 aromatic carbocycles. The molecule has 0 amide bonds. The van der Waals surface area contributed by atoms with Gasteiger partial charge in [-0.3, -0.25) is 0 Å². The third-order valence-electron chi connectivity index (χ3n) is 11.8. The summed E-state index contributed by atoms with van der Waals surface area (Å²) in [6.07, 6.45) is 13.9. The highest BCUT2D eigenvalue weighted by atomic mass is 28.4. The van der Waals surface area contributed by atoms with E-state index in [0.717, 1.165) is 23.7 Å². The highest BCUT2D eigenvalue weighted by molar-refractivity contribution is 6.74. The van der Waals surface area contributed by atoms with Gasteiger partial charge >= 0.3 is 0 Å². The minimum absolute atomic E-state index is 0.237. The fourth-order valence-electron chi connectivity index (χ4n) is 8.92. The minimum Gasteiger partial charge on any atom is -0.414 e. The molecule has 178 valence electrons. The number of aldehydes is 1. The molecule has 4 rings (SSSR count). The Hall–Kier alpha value is -0.153. The normalized spacial score (nSPS) is 46.6. The monoisotopic (exact) mass is 446 g/mol. The fourth-order valence-corrected chi connectivity index (χ4v) is 10.3. The molecule has 31 heavy (non-hydrogen) atoms. The third-order valence-corrected chi connectivity index (χ3v) is 16.3. The summed E-state index contributed by atoms with van der Waals surface area (Å²) >= 11 is 0. The van der Waals surface area contributed by atoms with Gasteiger partial charge < -0.3 is 9.22 Å². The highest BCUT2D eigenvalue weighted by Crippen LogP contribution is 2.68. The van der Waals surface area contributed by atoms with Crippen LogP contribution < -0.4 is 0 Å². The van der Waals surface area contributed by atoms with Crippen molar-refractivity contribution in [2.24, 2.45) is 46.3 Å². The van der Waals surface area contributed by atoms with Crippen molar-refractivity contribution in [2.75, 3.05) is 0 Å². The third kappa shape index (κ3) is 3.82. The Bertz CT molecular complexity index is 681. The van der Waals surface area contributed by atoms with Crippen molar-refractivity contribution < 1.29 is 9.22 Å². The van der Waals surface area contributed by atoms with E-state index in [9.17, 15) is 4.79 Å². The highest BCUT2D eigenvalue weighted by Gasteiger charge is 2.60. The Labute approximate surface area is 193 Å². The molecule has 0 aromatic rings. The van der Waals surface area contributed by atoms with E-state index in [0.29, 0.717) is 27.9 Å². The van der Waals surface area contributed by atoms with Gasteiger partial charge in [-0.2, -0.15) is 0 Å². The SMILES string of the molecule is C[C@H](C=O)C1CCC2C3CCC4C[C@@H](O[Si](C)(C)C(C)(C)C)CC[C@]4(C)C3CC[C@@]21C. The summed E-state index contributed by atoms with van der Waals surface area (Å²) in [5.74, 6) is 4.38. The van der Waals surface area contributed by atoms with Gasteiger partial charge in [0.15, 0.2) is 8.32 Å². The van der Waals surface area contributed by atoms with Crippen LogP contribution in [0.4, 0.5) is 0 Å². The first kappa shape index (κ1) is 24.0. The van der Waals surface area contributed by atoms with Crippen molar-refractivity contribution in [1.82, 2.24) is 0 Å². The van der Waals surface area contributed by atoms with Crippen LogP contribution in [0.25, 0.3) is 0 Å². The average Bonchev–Trinajstić information content (AvgIpc) is 3.04. The molecule has 0 N–H and O–H groups in total. The lowest BCUT2D eigenvalue weighted by molar-refractivity contribution is -0.131. The first-order valence-electron chi connectivity index (χ1n) is 13.5. The van der Waals surface area contributed by atoms with E-state index in [-0.39, 0.29) is 5.92 Å². The van der Waals surface area contributed by atoms with Crippen LogP contribution in [0.1, 0.15) is 99.3 Å². The van der Waals surface area contributed by atoms with Crippen molar-refractivity contribution >= 4 is 14.6 Å². The molecule has 3 heteroatoms. The number of carbonyl (C=O) groups excluding carboxylic acids is 1. The van der Waals surface area contributed by atoms with Crippen LogP contribution in [0, 0.1) is 46.3 Å². The number of hydrogen-bond donors (Lipinski definition) is 0. The van der Waals surface area contributed by atoms with Crippen LogP contribution in [-0.2, 0) is 9.22 Å². The van der Waals surface area contributed by atoms with Gasteiger partial charge in [-0.05, 0) is 116 Å². The second-order valence-corrected chi connectivity index (χ2v) is 18.9. The first-order valence-corrected chi connectivity index (χ1v) is 16.4. The molecule has 5 unspecified atom stereocenters. The van der Waals surface area contributed by atoms with E-state index in [1.165, 1.54) is 64.1 Å². The lowest BCUT2D eigenvalue weighted by atomic mass is 9.44. The van der Waals surface area contributed by atoms with E-state index >= 15 is 0 Å². The Balaban J connectivity index is 1.48. The summed E-state index contributed by atoms with van der Waals surface area (Å²) in [5.41, 5.74) is 0.930. The van der Waals surface area contributed by atoms with Gasteiger partial charge in [0.05, 0.1) is 0 Å². The Morgan fingerprint density at radius 1 is 0.935 bits per heavy atom. The average molecular weight is 447 g/mol. The molecule has 9 atom stereocenters. The minimum atomic E-state index is -1.69. The zero-order valence-electron chi connectivity index (χ0n) is 21.8. The van der Waals surface area contributed by atoms with Gasteiger partial charge in [0.2, 0.25) is 0 Å². The van der Waals surface area contributed by atoms with Crippen molar-refractivity contribution in [3.05, 3.63) is 0 Å². The van der Waals surface area contributed by atoms with Gasteiger partial charge in [-0.25, -0.2) is 0 Å². The quantitative estimate of drug-likeness (QED) is 0.324. The van der Waals surface area contributed by atoms with E-state index in [4.69, 9.17) is 4.43 Å². The van der Waals surface area contributed by atoms with Crippen LogP contribution in [0.5, 0.6) is 0 Å². The van der Waals surface area contributed by atoms with Gasteiger partial charge in [0.25, 0.3) is 0 Å². The van der Waals surface area contributed by atoms with Crippen LogP contribution >= 0.6 is 0 Å². The summed E-state index contributed by atoms with van der Waals surface area (Å²) in [5, 5.41) is 0.302. The Morgan fingerprint density at radius 3 is 2.23 bits per heavy atom. The maximum absolute atomic E-state index is 11.6. The molecule has 4 fully saturated rings. The number of carbonyl (C=O) groups is 1. The molecule has 4 aliphatic carbocycles. The Morgan fingerprint density at radius 2 is 1.58 bits per heavy atom. The molecule has 0 bridgehead atoms. The topological polar surface area (TPSA) is 26.3 Å². The molecule has 0 heterocycles. The molecular weight excluding hydrogens is 396 g/mol. The largest absolute Gasteiger partial charge is 0.414 e. The molecule has 0 spiro atoms. The van der Waals surface area contributed by atoms with E-state index in [1.807, 2.05) is 0 Å². The summed E-state index contributed by atoms with van der Waals surface area (Å²) in [6, 6.07) is 0. The van der Waals surface area contributed by atoms with Crippen molar-refractivity contribution in [3.8, 4) is 0 Å². The van der Waals surface area contributed by atoms with Gasteiger partial charge in [0, 0.05) is 12.0 Å². The van der Waals surface area contributed by atoms with Crippen molar-refractivity contribution in [1.29, 1.82) is 0 Å². The zero-order valence-corrected chi connectivity index (χ0v) is 22.8. The summed E-state index contributed by atoms with van der Waals surface area (Å²) in [4.78, 5) is 11.6. The second kappa shape index (κ2) is 7.96. The van der Waals surface area contributed by atoms with Crippen LogP contribution in [0.3, 0.4) is 0 Å². The molecule has 4 aliphatic rings. The van der Waals surface area contributed by atoms with E-state index in [2.05, 4.69) is 54.6 Å². The maximum Gasteiger partial charge on any atom is 0.192 e. The summed E-state index contributed by atoms with van der Waals surface area (Å²) < 4.78 is 6.92. The molecule has 0 saturated heterocycles. The standard InChI is InChI=1S/C28H50O2Si/c1-19(18-29)23-11-12-24-22-10-9-20-17-21(30-31(7,8)26(2,3)4)13-15-27(20,5)25(22)14-16-28(23,24)6/h18-25H,9-17H2,1-8H3/t19-,20?,21+,22?,23?,24?,25?,27+,28-/m1/s1. The molecule has 0 aliphatic heterocycles. The van der Waals surface area contributed by atoms with Gasteiger partial charge in [-0.15, -0.1) is 0 Å². The molecule has 4 saturated carbocycles. The number of rotatable bonds is 4. The van der Waals surface area contributed by atoms with Gasteiger partial charge in [-0.1, -0.05) is 41.5 Å². The van der Waals surface area contributed by atoms with Gasteiger partial charge in [0.1, 0.15) is 6.29 Å². The summed E-state index contributed by atoms with van der Waals surface area (Å²) in [6.45, 7) is 19.4. The molecule has 0 aromatic heterocycles. The van der Waals surface area contributed by atoms with E-state index < -0.39 is 8.32 Å². The predicted molar refractivity (Wildman–Crippen MR) is 133 cm³/mol. The fraction of sp³-hybridized carbons (Fsp3) is 0.964. The molecule has 0 radical (unpaired) electrons. The molecular formula is C28H50O2Si. The van der Waals surface area contributed by atoms with Crippen molar-refractivity contribution in [3.63, 3.8) is 0 Å². The number of hydrogen-bond acceptors (Lipinski definition) is 2. The number of fused-ring (bicyclic) bond motifs is 5. The second-order valence-electron chi connectivity index (χ2n) is 14.2. The van der Waals surface area contributed by atoms with Crippen LogP contribution in [0.2, 0.25) is 18.1 Å². The van der Waals surface area contributed by atoms with Crippen LogP contribution in [-0.4, -0.2) is 20.7 Å². The van der Waals surface area contributed by atoms with E-state index in [1.54, 1.807) is 0 Å².